The Bertz CT molecular complexity index is 295. The summed E-state index contributed by atoms with van der Waals surface area (Å²) in [6.45, 7) is 1.03. The number of esters is 1. The van der Waals surface area contributed by atoms with Gasteiger partial charge in [0, 0.05) is 19.8 Å². The van der Waals surface area contributed by atoms with E-state index in [2.05, 4.69) is 4.74 Å². The van der Waals surface area contributed by atoms with Gasteiger partial charge in [-0.3, -0.25) is 14.4 Å². The van der Waals surface area contributed by atoms with Crippen LogP contribution in [0.4, 0.5) is 4.79 Å². The zero-order chi connectivity index (χ0) is 10.7. The van der Waals surface area contributed by atoms with Crippen LogP contribution >= 0.6 is 0 Å². The minimum absolute atomic E-state index is 0.0547. The summed E-state index contributed by atoms with van der Waals surface area (Å²) in [5.74, 6) is -1.85. The zero-order valence-corrected chi connectivity index (χ0v) is 7.40. The standard InChI is InChI=1S/C7H8N2O5/c1-4(10)14-7(13)8-9-5(11)2-3-6(9)12/h2-3H2,1H3,(H,8,13). The molecular weight excluding hydrogens is 192 g/mol. The van der Waals surface area contributed by atoms with Crippen molar-refractivity contribution in [1.29, 1.82) is 0 Å². The van der Waals surface area contributed by atoms with Crippen LogP contribution in [0.1, 0.15) is 19.8 Å². The molecule has 0 radical (unpaired) electrons. The van der Waals surface area contributed by atoms with E-state index in [0.717, 1.165) is 6.92 Å². The van der Waals surface area contributed by atoms with E-state index in [0.29, 0.717) is 5.01 Å². The second kappa shape index (κ2) is 3.86. The molecule has 1 rings (SSSR count). The van der Waals surface area contributed by atoms with E-state index in [9.17, 15) is 19.2 Å². The lowest BCUT2D eigenvalue weighted by atomic mass is 10.4. The molecule has 0 aromatic heterocycles. The molecule has 0 aromatic rings. The lowest BCUT2D eigenvalue weighted by molar-refractivity contribution is -0.144. The summed E-state index contributed by atoms with van der Waals surface area (Å²) in [6, 6.07) is 0. The van der Waals surface area contributed by atoms with Gasteiger partial charge in [-0.05, 0) is 0 Å². The van der Waals surface area contributed by atoms with E-state index < -0.39 is 23.9 Å². The molecule has 0 spiro atoms. The maximum Gasteiger partial charge on any atom is 0.434 e. The van der Waals surface area contributed by atoms with Crippen LogP contribution in [0.5, 0.6) is 0 Å². The number of carbonyl (C=O) groups excluding carboxylic acids is 4. The van der Waals surface area contributed by atoms with Crippen molar-refractivity contribution in [1.82, 2.24) is 10.4 Å². The van der Waals surface area contributed by atoms with Crippen LogP contribution in [0.15, 0.2) is 0 Å². The van der Waals surface area contributed by atoms with Crippen LogP contribution in [0.25, 0.3) is 0 Å². The average molecular weight is 200 g/mol. The van der Waals surface area contributed by atoms with E-state index in [1.807, 2.05) is 5.43 Å². The first-order valence-electron chi connectivity index (χ1n) is 3.85. The highest BCUT2D eigenvalue weighted by atomic mass is 16.6. The van der Waals surface area contributed by atoms with Crippen LogP contribution in [0, 0.1) is 0 Å². The van der Waals surface area contributed by atoms with Gasteiger partial charge in [0.05, 0.1) is 0 Å². The third-order valence-electron chi connectivity index (χ3n) is 1.49. The third kappa shape index (κ3) is 2.28. The molecular formula is C7H8N2O5. The molecule has 1 heterocycles. The Kier molecular flexibility index (Phi) is 2.80. The van der Waals surface area contributed by atoms with Gasteiger partial charge in [0.15, 0.2) is 0 Å². The normalized spacial score (nSPS) is 15.6. The monoisotopic (exact) mass is 200 g/mol. The molecule has 0 unspecified atom stereocenters. The number of hydrogen-bond donors (Lipinski definition) is 1. The number of ether oxygens (including phenoxy) is 1. The Balaban J connectivity index is 2.51. The number of nitrogens with one attached hydrogen (secondary N) is 1. The van der Waals surface area contributed by atoms with Crippen molar-refractivity contribution in [3.05, 3.63) is 0 Å². The lowest BCUT2D eigenvalue weighted by Crippen LogP contribution is -2.46. The maximum absolute atomic E-state index is 11.0. The highest BCUT2D eigenvalue weighted by molar-refractivity contribution is 6.03. The molecule has 0 aliphatic carbocycles. The van der Waals surface area contributed by atoms with Gasteiger partial charge < -0.3 is 4.74 Å². The summed E-state index contributed by atoms with van der Waals surface area (Å²) in [5, 5.41) is 0.547. The Labute approximate surface area is 79.0 Å². The summed E-state index contributed by atoms with van der Waals surface area (Å²) in [6.07, 6.45) is -1.03. The number of nitrogens with zero attached hydrogens (tertiary/aromatic N) is 1. The Morgan fingerprint density at radius 1 is 1.29 bits per heavy atom. The van der Waals surface area contributed by atoms with Crippen molar-refractivity contribution in [2.75, 3.05) is 0 Å². The maximum atomic E-state index is 11.0. The summed E-state index contributed by atoms with van der Waals surface area (Å²) in [4.78, 5) is 43.0. The number of rotatable bonds is 1. The van der Waals surface area contributed by atoms with Crippen LogP contribution in [-0.4, -0.2) is 28.9 Å². The number of amides is 3. The van der Waals surface area contributed by atoms with E-state index >= 15 is 0 Å². The SMILES string of the molecule is CC(=O)OC(=O)NN1C(=O)CCC1=O. The van der Waals surface area contributed by atoms with Gasteiger partial charge in [0.1, 0.15) is 0 Å². The quantitative estimate of drug-likeness (QED) is 0.344. The molecule has 0 saturated carbocycles. The largest absolute Gasteiger partial charge is 0.434 e. The van der Waals surface area contributed by atoms with Crippen molar-refractivity contribution < 1.29 is 23.9 Å². The highest BCUT2D eigenvalue weighted by Gasteiger charge is 2.31. The predicted molar refractivity (Wildman–Crippen MR) is 41.4 cm³/mol. The molecule has 76 valence electrons. The molecule has 1 fully saturated rings. The van der Waals surface area contributed by atoms with Crippen LogP contribution in [-0.2, 0) is 19.1 Å². The van der Waals surface area contributed by atoms with E-state index in [1.54, 1.807) is 0 Å². The summed E-state index contributed by atoms with van der Waals surface area (Å²) >= 11 is 0. The van der Waals surface area contributed by atoms with Crippen molar-refractivity contribution in [3.8, 4) is 0 Å². The van der Waals surface area contributed by atoms with Gasteiger partial charge in [-0.25, -0.2) is 10.2 Å². The lowest BCUT2D eigenvalue weighted by Gasteiger charge is -2.13. The van der Waals surface area contributed by atoms with Crippen LogP contribution in [0.3, 0.4) is 0 Å². The fraction of sp³-hybridized carbons (Fsp3) is 0.429. The number of hydrogen-bond acceptors (Lipinski definition) is 5. The molecule has 0 bridgehead atoms. The number of hydrazine groups is 1. The minimum atomic E-state index is -1.14. The van der Waals surface area contributed by atoms with Crippen LogP contribution in [0.2, 0.25) is 0 Å². The first-order chi connectivity index (χ1) is 6.50. The average Bonchev–Trinajstić information content (AvgIpc) is 2.34. The predicted octanol–water partition coefficient (Wildman–Crippen LogP) is -0.677. The highest BCUT2D eigenvalue weighted by Crippen LogP contribution is 2.08. The topological polar surface area (TPSA) is 92.8 Å². The first-order valence-corrected chi connectivity index (χ1v) is 3.85. The number of imide groups is 1. The van der Waals surface area contributed by atoms with Gasteiger partial charge in [-0.1, -0.05) is 0 Å². The van der Waals surface area contributed by atoms with Gasteiger partial charge in [-0.15, -0.1) is 0 Å². The molecule has 0 aromatic carbocycles. The number of carbonyl (C=O) groups is 4. The Morgan fingerprint density at radius 2 is 1.79 bits per heavy atom. The zero-order valence-electron chi connectivity index (χ0n) is 7.40. The fourth-order valence-corrected chi connectivity index (χ4v) is 0.946. The van der Waals surface area contributed by atoms with Crippen molar-refractivity contribution in [2.45, 2.75) is 19.8 Å². The minimum Gasteiger partial charge on any atom is -0.375 e. The smallest absolute Gasteiger partial charge is 0.375 e. The molecule has 1 N–H and O–H groups in total. The van der Waals surface area contributed by atoms with Crippen molar-refractivity contribution in [2.24, 2.45) is 0 Å². The third-order valence-corrected chi connectivity index (χ3v) is 1.49. The Hall–Kier alpha value is -1.92. The van der Waals surface area contributed by atoms with E-state index in [4.69, 9.17) is 0 Å². The molecule has 0 atom stereocenters. The fourth-order valence-electron chi connectivity index (χ4n) is 0.946. The van der Waals surface area contributed by atoms with Crippen LogP contribution < -0.4 is 5.43 Å². The Morgan fingerprint density at radius 3 is 2.21 bits per heavy atom. The second-order valence-corrected chi connectivity index (χ2v) is 2.62. The first kappa shape index (κ1) is 10.2. The van der Waals surface area contributed by atoms with E-state index in [1.165, 1.54) is 0 Å². The van der Waals surface area contributed by atoms with Gasteiger partial charge >= 0.3 is 12.1 Å². The summed E-state index contributed by atoms with van der Waals surface area (Å²) in [5.41, 5.74) is 1.86. The van der Waals surface area contributed by atoms with E-state index in [-0.39, 0.29) is 12.8 Å². The van der Waals surface area contributed by atoms with Gasteiger partial charge in [0.2, 0.25) is 11.8 Å². The molecule has 14 heavy (non-hydrogen) atoms. The summed E-state index contributed by atoms with van der Waals surface area (Å²) in [7, 11) is 0. The molecule has 1 aliphatic rings. The van der Waals surface area contributed by atoms with Crippen molar-refractivity contribution >= 4 is 23.9 Å². The van der Waals surface area contributed by atoms with Gasteiger partial charge in [-0.2, -0.15) is 5.01 Å². The van der Waals surface area contributed by atoms with Gasteiger partial charge in [0.25, 0.3) is 0 Å². The molecule has 1 saturated heterocycles. The molecule has 7 heteroatoms. The molecule has 3 amide bonds. The summed E-state index contributed by atoms with van der Waals surface area (Å²) < 4.78 is 4.07. The van der Waals surface area contributed by atoms with Crippen molar-refractivity contribution in [3.63, 3.8) is 0 Å². The molecule has 7 nitrogen and oxygen atoms in total. The second-order valence-electron chi connectivity index (χ2n) is 2.62. The molecule has 1 aliphatic heterocycles.